The lowest BCUT2D eigenvalue weighted by atomic mass is 9.85. The second-order valence-electron chi connectivity index (χ2n) is 6.39. The SMILES string of the molecule is CC(C)C1(C)SC(=N[C@@H](C)C2CCCCC2)NC1=O. The molecule has 1 saturated heterocycles. The van der Waals surface area contributed by atoms with Gasteiger partial charge in [0.2, 0.25) is 5.91 Å². The lowest BCUT2D eigenvalue weighted by Gasteiger charge is -2.25. The molecule has 1 N–H and O–H groups in total. The first-order chi connectivity index (χ1) is 8.93. The number of rotatable bonds is 3. The molecule has 4 heteroatoms. The van der Waals surface area contributed by atoms with Crippen molar-refractivity contribution >= 4 is 22.8 Å². The minimum Gasteiger partial charge on any atom is -0.304 e. The van der Waals surface area contributed by atoms with Crippen LogP contribution >= 0.6 is 11.8 Å². The van der Waals surface area contributed by atoms with Gasteiger partial charge < -0.3 is 5.32 Å². The zero-order chi connectivity index (χ0) is 14.0. The molecule has 2 fully saturated rings. The second kappa shape index (κ2) is 5.86. The molecule has 1 amide bonds. The van der Waals surface area contributed by atoms with E-state index in [9.17, 15) is 4.79 Å². The summed E-state index contributed by atoms with van der Waals surface area (Å²) in [4.78, 5) is 16.9. The van der Waals surface area contributed by atoms with Crippen LogP contribution in [0.2, 0.25) is 0 Å². The first kappa shape index (κ1) is 14.9. The summed E-state index contributed by atoms with van der Waals surface area (Å²) in [6.07, 6.45) is 6.62. The van der Waals surface area contributed by atoms with Crippen molar-refractivity contribution in [1.82, 2.24) is 5.32 Å². The fourth-order valence-corrected chi connectivity index (χ4v) is 3.98. The van der Waals surface area contributed by atoms with E-state index in [1.807, 2.05) is 6.92 Å². The lowest BCUT2D eigenvalue weighted by Crippen LogP contribution is -2.38. The van der Waals surface area contributed by atoms with Crippen LogP contribution in [-0.4, -0.2) is 21.9 Å². The molecule has 0 radical (unpaired) electrons. The summed E-state index contributed by atoms with van der Waals surface area (Å²) in [6, 6.07) is 0.331. The van der Waals surface area contributed by atoms with E-state index >= 15 is 0 Å². The predicted molar refractivity (Wildman–Crippen MR) is 82.4 cm³/mol. The largest absolute Gasteiger partial charge is 0.304 e. The van der Waals surface area contributed by atoms with Crippen LogP contribution in [0.4, 0.5) is 0 Å². The number of hydrogen-bond donors (Lipinski definition) is 1. The molecule has 1 heterocycles. The van der Waals surface area contributed by atoms with Gasteiger partial charge >= 0.3 is 0 Å². The molecule has 1 saturated carbocycles. The Labute approximate surface area is 121 Å². The fraction of sp³-hybridized carbons (Fsp3) is 0.867. The van der Waals surface area contributed by atoms with Crippen LogP contribution in [-0.2, 0) is 4.79 Å². The number of carbonyl (C=O) groups excluding carboxylic acids is 1. The summed E-state index contributed by atoms with van der Waals surface area (Å²) in [5, 5.41) is 3.80. The summed E-state index contributed by atoms with van der Waals surface area (Å²) < 4.78 is -0.356. The third-order valence-electron chi connectivity index (χ3n) is 4.73. The van der Waals surface area contributed by atoms with Gasteiger partial charge in [0.15, 0.2) is 5.17 Å². The average Bonchev–Trinajstić information content (AvgIpc) is 2.67. The summed E-state index contributed by atoms with van der Waals surface area (Å²) in [6.45, 7) is 8.41. The summed E-state index contributed by atoms with van der Waals surface area (Å²) in [7, 11) is 0. The van der Waals surface area contributed by atoms with Gasteiger partial charge in [0.25, 0.3) is 0 Å². The van der Waals surface area contributed by atoms with E-state index in [0.717, 1.165) is 5.17 Å². The molecule has 1 aliphatic carbocycles. The summed E-state index contributed by atoms with van der Waals surface area (Å²) in [5.41, 5.74) is 0. The molecule has 0 aromatic rings. The molecule has 0 aromatic heterocycles. The molecule has 19 heavy (non-hydrogen) atoms. The maximum Gasteiger partial charge on any atom is 0.242 e. The highest BCUT2D eigenvalue weighted by Gasteiger charge is 2.45. The quantitative estimate of drug-likeness (QED) is 0.859. The van der Waals surface area contributed by atoms with Gasteiger partial charge in [-0.2, -0.15) is 0 Å². The Morgan fingerprint density at radius 1 is 1.26 bits per heavy atom. The topological polar surface area (TPSA) is 41.5 Å². The van der Waals surface area contributed by atoms with E-state index in [1.54, 1.807) is 11.8 Å². The van der Waals surface area contributed by atoms with E-state index in [-0.39, 0.29) is 10.7 Å². The van der Waals surface area contributed by atoms with E-state index in [2.05, 4.69) is 26.1 Å². The zero-order valence-corrected chi connectivity index (χ0v) is 13.3. The second-order valence-corrected chi connectivity index (χ2v) is 7.83. The summed E-state index contributed by atoms with van der Waals surface area (Å²) >= 11 is 1.61. The Kier molecular flexibility index (Phi) is 4.59. The molecular formula is C15H26N2OS. The normalized spacial score (nSPS) is 32.9. The van der Waals surface area contributed by atoms with Crippen LogP contribution in [0.1, 0.15) is 59.8 Å². The molecule has 0 bridgehead atoms. The Balaban J connectivity index is 2.02. The zero-order valence-electron chi connectivity index (χ0n) is 12.5. The van der Waals surface area contributed by atoms with E-state index in [4.69, 9.17) is 4.99 Å². The van der Waals surface area contributed by atoms with Crippen LogP contribution in [0, 0.1) is 11.8 Å². The molecule has 1 unspecified atom stereocenters. The van der Waals surface area contributed by atoms with E-state index in [1.165, 1.54) is 32.1 Å². The molecule has 2 atom stereocenters. The van der Waals surface area contributed by atoms with Gasteiger partial charge in [-0.3, -0.25) is 9.79 Å². The van der Waals surface area contributed by atoms with E-state index in [0.29, 0.717) is 17.9 Å². The molecule has 3 nitrogen and oxygen atoms in total. The number of nitrogens with zero attached hydrogens (tertiary/aromatic N) is 1. The molecule has 1 aliphatic heterocycles. The average molecular weight is 282 g/mol. The first-order valence-electron chi connectivity index (χ1n) is 7.51. The molecule has 2 aliphatic rings. The van der Waals surface area contributed by atoms with Gasteiger partial charge in [0.1, 0.15) is 4.75 Å². The van der Waals surface area contributed by atoms with Crippen LogP contribution in [0.3, 0.4) is 0 Å². The van der Waals surface area contributed by atoms with Crippen molar-refractivity contribution in [3.05, 3.63) is 0 Å². The standard InChI is InChI=1S/C15H26N2OS/c1-10(2)15(4)13(18)17-14(19-15)16-11(3)12-8-6-5-7-9-12/h10-12H,5-9H2,1-4H3,(H,16,17,18)/t11-,15?/m0/s1. The van der Waals surface area contributed by atoms with Crippen molar-refractivity contribution in [1.29, 1.82) is 0 Å². The Hall–Kier alpha value is -0.510. The Morgan fingerprint density at radius 3 is 2.42 bits per heavy atom. The number of thioether (sulfide) groups is 1. The monoisotopic (exact) mass is 282 g/mol. The smallest absolute Gasteiger partial charge is 0.242 e. The van der Waals surface area contributed by atoms with Crippen molar-refractivity contribution < 1.29 is 4.79 Å². The first-order valence-corrected chi connectivity index (χ1v) is 8.33. The van der Waals surface area contributed by atoms with Gasteiger partial charge in [-0.1, -0.05) is 44.9 Å². The number of amides is 1. The maximum absolute atomic E-state index is 12.1. The molecule has 2 rings (SSSR count). The van der Waals surface area contributed by atoms with Crippen molar-refractivity contribution in [3.63, 3.8) is 0 Å². The number of aliphatic imine (C=N–C) groups is 1. The Morgan fingerprint density at radius 2 is 1.89 bits per heavy atom. The van der Waals surface area contributed by atoms with Crippen molar-refractivity contribution in [2.24, 2.45) is 16.8 Å². The van der Waals surface area contributed by atoms with E-state index < -0.39 is 0 Å². The summed E-state index contributed by atoms with van der Waals surface area (Å²) in [5.74, 6) is 1.13. The molecule has 0 spiro atoms. The minimum atomic E-state index is -0.356. The molecule has 108 valence electrons. The van der Waals surface area contributed by atoms with Crippen molar-refractivity contribution in [3.8, 4) is 0 Å². The van der Waals surface area contributed by atoms with Crippen LogP contribution in [0.15, 0.2) is 4.99 Å². The number of amidine groups is 1. The third-order valence-corrected chi connectivity index (χ3v) is 6.22. The van der Waals surface area contributed by atoms with Crippen LogP contribution < -0.4 is 5.32 Å². The fourth-order valence-electron chi connectivity index (χ4n) is 2.84. The molecular weight excluding hydrogens is 256 g/mol. The number of carbonyl (C=O) groups is 1. The third kappa shape index (κ3) is 3.15. The Bertz CT molecular complexity index is 374. The highest BCUT2D eigenvalue weighted by Crippen LogP contribution is 2.38. The highest BCUT2D eigenvalue weighted by molar-refractivity contribution is 8.16. The maximum atomic E-state index is 12.1. The van der Waals surface area contributed by atoms with Crippen LogP contribution in [0.5, 0.6) is 0 Å². The van der Waals surface area contributed by atoms with Gasteiger partial charge in [-0.05, 0) is 38.5 Å². The molecule has 0 aromatic carbocycles. The van der Waals surface area contributed by atoms with Gasteiger partial charge in [-0.25, -0.2) is 0 Å². The van der Waals surface area contributed by atoms with Crippen molar-refractivity contribution in [2.75, 3.05) is 0 Å². The lowest BCUT2D eigenvalue weighted by molar-refractivity contribution is -0.122. The van der Waals surface area contributed by atoms with Crippen LogP contribution in [0.25, 0.3) is 0 Å². The van der Waals surface area contributed by atoms with Gasteiger partial charge in [0.05, 0.1) is 6.04 Å². The van der Waals surface area contributed by atoms with Gasteiger partial charge in [0, 0.05) is 0 Å². The number of nitrogens with one attached hydrogen (secondary N) is 1. The minimum absolute atomic E-state index is 0.113. The predicted octanol–water partition coefficient (Wildman–Crippen LogP) is 3.59. The van der Waals surface area contributed by atoms with Crippen molar-refractivity contribution in [2.45, 2.75) is 70.6 Å². The highest BCUT2D eigenvalue weighted by atomic mass is 32.2. The van der Waals surface area contributed by atoms with Gasteiger partial charge in [-0.15, -0.1) is 0 Å². The number of hydrogen-bond acceptors (Lipinski definition) is 3.